The lowest BCUT2D eigenvalue weighted by Gasteiger charge is -2.18. The Morgan fingerprint density at radius 3 is 2.73 bits per heavy atom. The predicted molar refractivity (Wildman–Crippen MR) is 95.4 cm³/mol. The summed E-state index contributed by atoms with van der Waals surface area (Å²) < 4.78 is 5.26. The van der Waals surface area contributed by atoms with E-state index in [0.29, 0.717) is 12.6 Å². The molecule has 0 heterocycles. The highest BCUT2D eigenvalue weighted by Crippen LogP contribution is 2.28. The molecule has 2 unspecified atom stereocenters. The number of ether oxygens (including phenoxy) is 1. The van der Waals surface area contributed by atoms with Crippen LogP contribution >= 0.6 is 11.8 Å². The van der Waals surface area contributed by atoms with Crippen molar-refractivity contribution in [1.82, 2.24) is 10.6 Å². The minimum absolute atomic E-state index is 0.540. The Balaban J connectivity index is 1.87. The van der Waals surface area contributed by atoms with E-state index in [1.54, 1.807) is 7.11 Å². The third-order valence-electron chi connectivity index (χ3n) is 4.15. The van der Waals surface area contributed by atoms with Crippen molar-refractivity contribution in [3.05, 3.63) is 35.4 Å². The Morgan fingerprint density at radius 2 is 2.09 bits per heavy atom. The summed E-state index contributed by atoms with van der Waals surface area (Å²) in [5.74, 6) is 0.888. The second-order valence-electron chi connectivity index (χ2n) is 5.64. The van der Waals surface area contributed by atoms with Gasteiger partial charge in [-0.1, -0.05) is 24.3 Å². The van der Waals surface area contributed by atoms with Gasteiger partial charge in [0.25, 0.3) is 0 Å². The van der Waals surface area contributed by atoms with Gasteiger partial charge in [0.05, 0.1) is 6.61 Å². The molecule has 22 heavy (non-hydrogen) atoms. The molecule has 1 aromatic carbocycles. The molecule has 4 nitrogen and oxygen atoms in total. The summed E-state index contributed by atoms with van der Waals surface area (Å²) in [6, 6.07) is 8.89. The van der Waals surface area contributed by atoms with Crippen LogP contribution in [0.15, 0.2) is 29.3 Å². The van der Waals surface area contributed by atoms with Crippen molar-refractivity contribution >= 4 is 17.7 Å². The van der Waals surface area contributed by atoms with E-state index in [2.05, 4.69) is 40.1 Å². The van der Waals surface area contributed by atoms with Crippen molar-refractivity contribution in [2.45, 2.75) is 43.7 Å². The van der Waals surface area contributed by atoms with Gasteiger partial charge in [0.2, 0.25) is 0 Å². The fourth-order valence-corrected chi connectivity index (χ4v) is 3.68. The van der Waals surface area contributed by atoms with Gasteiger partial charge in [0.15, 0.2) is 5.96 Å². The van der Waals surface area contributed by atoms with Crippen LogP contribution in [0.2, 0.25) is 0 Å². The molecule has 1 aromatic rings. The Bertz CT molecular complexity index is 493. The molecule has 0 aliphatic heterocycles. The van der Waals surface area contributed by atoms with Gasteiger partial charge >= 0.3 is 0 Å². The first-order valence-electron chi connectivity index (χ1n) is 7.82. The second kappa shape index (κ2) is 9.06. The van der Waals surface area contributed by atoms with Crippen molar-refractivity contribution in [3.8, 4) is 0 Å². The first-order chi connectivity index (χ1) is 10.8. The summed E-state index contributed by atoms with van der Waals surface area (Å²) in [7, 11) is 3.56. The third-order valence-corrected chi connectivity index (χ3v) is 5.24. The number of methoxy groups -OCH3 is 1. The zero-order valence-electron chi connectivity index (χ0n) is 13.8. The summed E-state index contributed by atoms with van der Waals surface area (Å²) in [5.41, 5.74) is 2.47. The summed E-state index contributed by atoms with van der Waals surface area (Å²) in [6.45, 7) is 1.40. The van der Waals surface area contributed by atoms with Crippen molar-refractivity contribution in [3.63, 3.8) is 0 Å². The van der Waals surface area contributed by atoms with Gasteiger partial charge in [-0.3, -0.25) is 4.99 Å². The second-order valence-corrected chi connectivity index (χ2v) is 6.78. The molecule has 1 saturated carbocycles. The molecule has 0 aromatic heterocycles. The smallest absolute Gasteiger partial charge is 0.191 e. The van der Waals surface area contributed by atoms with Crippen LogP contribution in [0.5, 0.6) is 0 Å². The number of nitrogens with zero attached hydrogens (tertiary/aromatic N) is 1. The van der Waals surface area contributed by atoms with Crippen LogP contribution in [0, 0.1) is 0 Å². The van der Waals surface area contributed by atoms with Crippen molar-refractivity contribution in [2.24, 2.45) is 4.99 Å². The van der Waals surface area contributed by atoms with Crippen molar-refractivity contribution in [2.75, 3.05) is 20.4 Å². The van der Waals surface area contributed by atoms with Crippen LogP contribution in [-0.4, -0.2) is 37.7 Å². The molecule has 0 radical (unpaired) electrons. The normalized spacial score (nSPS) is 21.9. The zero-order valence-corrected chi connectivity index (χ0v) is 14.6. The molecule has 2 N–H and O–H groups in total. The lowest BCUT2D eigenvalue weighted by molar-refractivity contribution is 0.184. The number of hydrogen-bond acceptors (Lipinski definition) is 3. The quantitative estimate of drug-likeness (QED) is 0.625. The van der Waals surface area contributed by atoms with E-state index in [-0.39, 0.29) is 0 Å². The first kappa shape index (κ1) is 17.2. The molecule has 2 rings (SSSR count). The van der Waals surface area contributed by atoms with Crippen molar-refractivity contribution < 1.29 is 4.74 Å². The minimum atomic E-state index is 0.540. The highest BCUT2D eigenvalue weighted by atomic mass is 32.2. The Kier molecular flexibility index (Phi) is 7.06. The van der Waals surface area contributed by atoms with E-state index >= 15 is 0 Å². The Labute approximate surface area is 138 Å². The molecule has 5 heteroatoms. The number of guanidine groups is 1. The molecule has 0 bridgehead atoms. The molecule has 2 atom stereocenters. The monoisotopic (exact) mass is 321 g/mol. The van der Waals surface area contributed by atoms with Crippen LogP contribution in [0.3, 0.4) is 0 Å². The maximum atomic E-state index is 5.26. The standard InChI is InChI=1S/C17H27N3OS/c1-18-17(20-15-8-9-16(10-15)22-3)19-11-13-6-4-5-7-14(13)12-21-2/h4-7,15-16H,8-12H2,1-3H3,(H2,18,19,20). The van der Waals surface area contributed by atoms with Crippen LogP contribution in [0.25, 0.3) is 0 Å². The van der Waals surface area contributed by atoms with Gasteiger partial charge in [-0.2, -0.15) is 11.8 Å². The molecule has 0 amide bonds. The van der Waals surface area contributed by atoms with E-state index < -0.39 is 0 Å². The largest absolute Gasteiger partial charge is 0.380 e. The number of nitrogens with one attached hydrogen (secondary N) is 2. The maximum absolute atomic E-state index is 5.26. The van der Waals surface area contributed by atoms with Gasteiger partial charge in [0, 0.05) is 32.0 Å². The van der Waals surface area contributed by atoms with Gasteiger partial charge in [-0.25, -0.2) is 0 Å². The first-order valence-corrected chi connectivity index (χ1v) is 9.11. The van der Waals surface area contributed by atoms with Crippen LogP contribution in [0.1, 0.15) is 30.4 Å². The van der Waals surface area contributed by atoms with Crippen molar-refractivity contribution in [1.29, 1.82) is 0 Å². The molecule has 0 spiro atoms. The van der Waals surface area contributed by atoms with E-state index in [9.17, 15) is 0 Å². The highest BCUT2D eigenvalue weighted by molar-refractivity contribution is 7.99. The van der Waals surface area contributed by atoms with E-state index in [0.717, 1.165) is 17.8 Å². The number of thioether (sulfide) groups is 1. The number of aliphatic imine (C=N–C) groups is 1. The molecular formula is C17H27N3OS. The molecule has 1 aliphatic rings. The van der Waals surface area contributed by atoms with Gasteiger partial charge in [-0.15, -0.1) is 0 Å². The Morgan fingerprint density at radius 1 is 1.32 bits per heavy atom. The fourth-order valence-electron chi connectivity index (χ4n) is 2.88. The van der Waals surface area contributed by atoms with Gasteiger partial charge in [0.1, 0.15) is 0 Å². The van der Waals surface area contributed by atoms with Crippen LogP contribution in [-0.2, 0) is 17.9 Å². The van der Waals surface area contributed by atoms with E-state index in [1.165, 1.54) is 30.4 Å². The van der Waals surface area contributed by atoms with Crippen LogP contribution < -0.4 is 10.6 Å². The maximum Gasteiger partial charge on any atom is 0.191 e. The van der Waals surface area contributed by atoms with Crippen LogP contribution in [0.4, 0.5) is 0 Å². The summed E-state index contributed by atoms with van der Waals surface area (Å²) in [4.78, 5) is 4.35. The zero-order chi connectivity index (χ0) is 15.8. The number of benzene rings is 1. The topological polar surface area (TPSA) is 45.7 Å². The van der Waals surface area contributed by atoms with Gasteiger partial charge in [-0.05, 0) is 36.6 Å². The lowest BCUT2D eigenvalue weighted by Crippen LogP contribution is -2.42. The number of hydrogen-bond donors (Lipinski definition) is 2. The third kappa shape index (κ3) is 4.92. The highest BCUT2D eigenvalue weighted by Gasteiger charge is 2.24. The van der Waals surface area contributed by atoms with E-state index in [4.69, 9.17) is 4.74 Å². The summed E-state index contributed by atoms with van der Waals surface area (Å²) in [6.07, 6.45) is 5.95. The number of rotatable bonds is 6. The summed E-state index contributed by atoms with van der Waals surface area (Å²) >= 11 is 1.97. The Hall–Kier alpha value is -1.20. The predicted octanol–water partition coefficient (Wildman–Crippen LogP) is 2.78. The fraction of sp³-hybridized carbons (Fsp3) is 0.588. The average molecular weight is 321 g/mol. The summed E-state index contributed by atoms with van der Waals surface area (Å²) in [5, 5.41) is 7.76. The van der Waals surface area contributed by atoms with E-state index in [1.807, 2.05) is 24.9 Å². The molecule has 1 fully saturated rings. The van der Waals surface area contributed by atoms with Gasteiger partial charge < -0.3 is 15.4 Å². The SMILES string of the molecule is CN=C(NCc1ccccc1COC)NC1CCC(SC)C1. The molecule has 122 valence electrons. The molecule has 0 saturated heterocycles. The minimum Gasteiger partial charge on any atom is -0.380 e. The molecular weight excluding hydrogens is 294 g/mol. The lowest BCUT2D eigenvalue weighted by atomic mass is 10.1. The average Bonchev–Trinajstić information content (AvgIpc) is 3.00. The molecule has 1 aliphatic carbocycles.